The summed E-state index contributed by atoms with van der Waals surface area (Å²) in [6.07, 6.45) is 0. The van der Waals surface area contributed by atoms with E-state index in [0.29, 0.717) is 0 Å². The largest absolute Gasteiger partial charge is 0.235 e. The maximum Gasteiger partial charge on any atom is 0.235 e. The fourth-order valence-electron chi connectivity index (χ4n) is 0.0825. The van der Waals surface area contributed by atoms with Gasteiger partial charge in [0.2, 0.25) is 7.42 Å². The molecule has 0 aromatic rings. The number of rotatable bonds is 2. The Hall–Kier alpha value is 1.30. The Bertz CT molecular complexity index is 30.0. The molecule has 0 spiro atoms. The van der Waals surface area contributed by atoms with Gasteiger partial charge in [-0.2, -0.15) is 33.2 Å². The Balaban J connectivity index is 2.63. The van der Waals surface area contributed by atoms with Crippen LogP contribution in [0.15, 0.2) is 0 Å². The van der Waals surface area contributed by atoms with Crippen LogP contribution in [0.25, 0.3) is 0 Å². The summed E-state index contributed by atoms with van der Waals surface area (Å²) >= 11 is 16.3. The van der Waals surface area contributed by atoms with E-state index < -0.39 is 7.42 Å². The minimum atomic E-state index is -1.30. The van der Waals surface area contributed by atoms with E-state index in [-0.39, 0.29) is 8.83 Å². The van der Waals surface area contributed by atoms with Gasteiger partial charge in [0.1, 0.15) is 8.83 Å². The van der Waals surface area contributed by atoms with Crippen molar-refractivity contribution in [1.82, 2.24) is 0 Å². The predicted octanol–water partition coefficient (Wildman–Crippen LogP) is 0.965. The first kappa shape index (κ1) is 7.30. The fourth-order valence-corrected chi connectivity index (χ4v) is 6.68. The van der Waals surface area contributed by atoms with Crippen molar-refractivity contribution in [3.05, 3.63) is 0 Å². The van der Waals surface area contributed by atoms with E-state index in [1.807, 2.05) is 0 Å². The molecular formula is CH5Cl3Si2. The van der Waals surface area contributed by atoms with Crippen molar-refractivity contribution in [2.45, 2.75) is 5.67 Å². The summed E-state index contributed by atoms with van der Waals surface area (Å²) in [6.45, 7) is 0. The minimum Gasteiger partial charge on any atom is -0.176 e. The smallest absolute Gasteiger partial charge is 0.176 e. The Morgan fingerprint density at radius 1 is 1.50 bits per heavy atom. The lowest BCUT2D eigenvalue weighted by molar-refractivity contribution is 2.08. The molecule has 0 rings (SSSR count). The standard InChI is InChI=1S/CH5Cl3Si2/c2-5-1-6(3)4/h6H,1,5H2. The third-order valence-electron chi connectivity index (χ3n) is 0.327. The van der Waals surface area contributed by atoms with Crippen molar-refractivity contribution < 1.29 is 0 Å². The molecule has 0 nitrogen and oxygen atoms in total. The third-order valence-corrected chi connectivity index (χ3v) is 8.84. The summed E-state index contributed by atoms with van der Waals surface area (Å²) in [4.78, 5) is 0. The molecule has 0 amide bonds. The molecule has 0 bridgehead atoms. The van der Waals surface area contributed by atoms with Gasteiger partial charge in [-0.25, -0.2) is 0 Å². The summed E-state index contributed by atoms with van der Waals surface area (Å²) in [7, 11) is -1.66. The van der Waals surface area contributed by atoms with Crippen molar-refractivity contribution in [3.63, 3.8) is 0 Å². The molecule has 0 aromatic heterocycles. The third kappa shape index (κ3) is 5.30. The number of hydrogen-bond acceptors (Lipinski definition) is 0. The lowest BCUT2D eigenvalue weighted by Gasteiger charge is -1.85. The van der Waals surface area contributed by atoms with Crippen molar-refractivity contribution >= 4 is 49.5 Å². The number of hydrogen-bond donors (Lipinski definition) is 0. The summed E-state index contributed by atoms with van der Waals surface area (Å²) in [5.41, 5.74) is 0.949. The molecule has 0 atom stereocenters. The lowest BCUT2D eigenvalue weighted by Crippen LogP contribution is -1.93. The second-order valence-electron chi connectivity index (χ2n) is 0.869. The van der Waals surface area contributed by atoms with Gasteiger partial charge in [-0.15, -0.1) is 0 Å². The van der Waals surface area contributed by atoms with Crippen LogP contribution in [0.3, 0.4) is 0 Å². The first-order valence-electron chi connectivity index (χ1n) is 1.61. The summed E-state index contributed by atoms with van der Waals surface area (Å²) in [5, 5.41) is 0. The molecule has 0 aliphatic carbocycles. The summed E-state index contributed by atoms with van der Waals surface area (Å²) in [5.74, 6) is 0. The Morgan fingerprint density at radius 3 is 2.00 bits per heavy atom. The predicted molar refractivity (Wildman–Crippen MR) is 38.1 cm³/mol. The molecule has 0 saturated carbocycles. The molecule has 0 fully saturated rings. The highest BCUT2D eigenvalue weighted by Crippen LogP contribution is 2.00. The van der Waals surface area contributed by atoms with Gasteiger partial charge in [-0.3, -0.25) is 0 Å². The number of halogens is 3. The molecule has 0 aromatic carbocycles. The Morgan fingerprint density at radius 2 is 2.00 bits per heavy atom. The molecule has 0 heterocycles. The van der Waals surface area contributed by atoms with Crippen LogP contribution in [-0.4, -0.2) is 16.2 Å². The van der Waals surface area contributed by atoms with Crippen LogP contribution in [0, 0.1) is 0 Å². The second kappa shape index (κ2) is 4.46. The Labute approximate surface area is 55.3 Å². The maximum absolute atomic E-state index is 5.43. The normalized spacial score (nSPS) is 12.0. The molecule has 0 aliphatic rings. The monoisotopic (exact) mass is 178 g/mol. The fraction of sp³-hybridized carbons (Fsp3) is 1.00. The van der Waals surface area contributed by atoms with Crippen molar-refractivity contribution in [1.29, 1.82) is 0 Å². The Kier molecular flexibility index (Phi) is 5.43. The van der Waals surface area contributed by atoms with Crippen LogP contribution in [0.4, 0.5) is 0 Å². The van der Waals surface area contributed by atoms with E-state index >= 15 is 0 Å². The SMILES string of the molecule is Cl[SiH2]C[SiH](Cl)Cl. The zero-order chi connectivity index (χ0) is 4.99. The summed E-state index contributed by atoms with van der Waals surface area (Å²) < 4.78 is 0. The topological polar surface area (TPSA) is 0 Å². The van der Waals surface area contributed by atoms with Crippen LogP contribution >= 0.6 is 33.2 Å². The van der Waals surface area contributed by atoms with Gasteiger partial charge in [0.25, 0.3) is 0 Å². The van der Waals surface area contributed by atoms with Gasteiger partial charge in [0, 0.05) is 0 Å². The highest BCUT2D eigenvalue weighted by Gasteiger charge is 1.97. The highest BCUT2D eigenvalue weighted by atomic mass is 35.7. The lowest BCUT2D eigenvalue weighted by atomic mass is 11.9. The molecular weight excluding hydrogens is 175 g/mol. The quantitative estimate of drug-likeness (QED) is 0.438. The van der Waals surface area contributed by atoms with Crippen molar-refractivity contribution in [3.8, 4) is 0 Å². The van der Waals surface area contributed by atoms with Crippen molar-refractivity contribution in [2.75, 3.05) is 0 Å². The van der Waals surface area contributed by atoms with Crippen molar-refractivity contribution in [2.24, 2.45) is 0 Å². The van der Waals surface area contributed by atoms with E-state index in [2.05, 4.69) is 0 Å². The second-order valence-corrected chi connectivity index (χ2v) is 9.30. The minimum absolute atomic E-state index is 0.363. The van der Waals surface area contributed by atoms with Gasteiger partial charge in [0.15, 0.2) is 0 Å². The summed E-state index contributed by atoms with van der Waals surface area (Å²) in [6, 6.07) is 0. The molecule has 0 unspecified atom stereocenters. The first-order chi connectivity index (χ1) is 2.77. The molecule has 6 heavy (non-hydrogen) atoms. The average molecular weight is 180 g/mol. The van der Waals surface area contributed by atoms with Gasteiger partial charge < -0.3 is 0 Å². The average Bonchev–Trinajstić information content (AvgIpc) is 1.35. The van der Waals surface area contributed by atoms with Gasteiger partial charge in [0.05, 0.1) is 0 Å². The van der Waals surface area contributed by atoms with E-state index in [4.69, 9.17) is 33.2 Å². The van der Waals surface area contributed by atoms with E-state index in [1.54, 1.807) is 0 Å². The van der Waals surface area contributed by atoms with Crippen LogP contribution in [0.5, 0.6) is 0 Å². The van der Waals surface area contributed by atoms with Crippen LogP contribution < -0.4 is 0 Å². The van der Waals surface area contributed by atoms with Gasteiger partial charge in [-0.1, -0.05) is 0 Å². The van der Waals surface area contributed by atoms with Crippen LogP contribution in [-0.2, 0) is 0 Å². The molecule has 0 saturated heterocycles. The molecule has 0 radical (unpaired) electrons. The van der Waals surface area contributed by atoms with E-state index in [9.17, 15) is 0 Å². The zero-order valence-corrected chi connectivity index (χ0v) is 7.96. The van der Waals surface area contributed by atoms with Gasteiger partial charge >= 0.3 is 0 Å². The zero-order valence-electron chi connectivity index (χ0n) is 3.13. The molecule has 38 valence electrons. The first-order valence-corrected chi connectivity index (χ1v) is 9.06. The van der Waals surface area contributed by atoms with E-state index in [1.165, 1.54) is 0 Å². The van der Waals surface area contributed by atoms with Crippen LogP contribution in [0.1, 0.15) is 0 Å². The maximum atomic E-state index is 5.43. The van der Waals surface area contributed by atoms with Crippen LogP contribution in [0.2, 0.25) is 5.67 Å². The van der Waals surface area contributed by atoms with E-state index in [0.717, 1.165) is 5.67 Å². The van der Waals surface area contributed by atoms with Gasteiger partial charge in [-0.05, 0) is 5.67 Å². The molecule has 5 heteroatoms. The molecule has 0 N–H and O–H groups in total. The molecule has 0 aliphatic heterocycles. The highest BCUT2D eigenvalue weighted by molar-refractivity contribution is 7.36.